The average molecular weight is 669 g/mol. The van der Waals surface area contributed by atoms with E-state index in [1.165, 1.54) is 65.5 Å². The molecule has 10 rings (SSSR count). The molecule has 1 aliphatic rings. The Morgan fingerprint density at radius 1 is 0.451 bits per heavy atom. The Kier molecular flexibility index (Phi) is 7.11. The van der Waals surface area contributed by atoms with Gasteiger partial charge in [0.05, 0.1) is 10.2 Å². The van der Waals surface area contributed by atoms with Gasteiger partial charge in [0.2, 0.25) is 0 Å². The summed E-state index contributed by atoms with van der Waals surface area (Å²) >= 11 is 1.77. The van der Waals surface area contributed by atoms with E-state index in [1.807, 2.05) is 0 Å². The minimum atomic E-state index is 0.925. The Hall–Kier alpha value is -6.29. The summed E-state index contributed by atoms with van der Waals surface area (Å²) < 4.78 is 1.22. The molecule has 0 bridgehead atoms. The van der Waals surface area contributed by atoms with E-state index in [9.17, 15) is 0 Å². The minimum absolute atomic E-state index is 0.925. The molecule has 0 saturated carbocycles. The highest BCUT2D eigenvalue weighted by molar-refractivity contribution is 7.21. The predicted octanol–water partition coefficient (Wildman–Crippen LogP) is 13.5. The lowest BCUT2D eigenvalue weighted by molar-refractivity contribution is 1.27. The number of para-hydroxylation sites is 3. The van der Waals surface area contributed by atoms with Crippen LogP contribution in [0.1, 0.15) is 11.1 Å². The van der Waals surface area contributed by atoms with Crippen molar-refractivity contribution in [3.8, 4) is 44.0 Å². The van der Waals surface area contributed by atoms with E-state index in [2.05, 4.69) is 187 Å². The number of nitrogens with zero attached hydrogens (tertiary/aromatic N) is 2. The molecule has 51 heavy (non-hydrogen) atoms. The summed E-state index contributed by atoms with van der Waals surface area (Å²) in [6.45, 7) is 0. The molecule has 2 nitrogen and oxygen atoms in total. The van der Waals surface area contributed by atoms with Gasteiger partial charge in [0.15, 0.2) is 0 Å². The minimum Gasteiger partial charge on any atom is -0.311 e. The molecule has 1 aromatic heterocycles. The fourth-order valence-electron chi connectivity index (χ4n) is 7.69. The van der Waals surface area contributed by atoms with Crippen LogP contribution in [0.4, 0.5) is 17.1 Å². The molecule has 0 fully saturated rings. The number of benzene rings is 8. The Labute approximate surface area is 301 Å². The summed E-state index contributed by atoms with van der Waals surface area (Å²) in [6.07, 6.45) is 0.925. The standard InChI is InChI=1S/C48H32N2S/c1-3-12-39(13-4-1)50(40-14-5-2-6-15-40)41-27-25-33(26-28-41)32-19-21-35(22-20-32)43-31-38(48-49-44-17-9-10-18-45(44)51-48)30-37-29-36-24-23-34-11-7-8-16-42(34)46(36)47(37)43/h1-28,30-31H,29H2. The topological polar surface area (TPSA) is 16.1 Å². The quantitative estimate of drug-likeness (QED) is 0.175. The fraction of sp³-hybridized carbons (Fsp3) is 0.0208. The van der Waals surface area contributed by atoms with Crippen molar-refractivity contribution in [2.24, 2.45) is 0 Å². The summed E-state index contributed by atoms with van der Waals surface area (Å²) in [5.41, 5.74) is 16.0. The molecule has 0 atom stereocenters. The molecule has 8 aromatic carbocycles. The van der Waals surface area contributed by atoms with E-state index in [1.54, 1.807) is 11.3 Å². The van der Waals surface area contributed by atoms with Gasteiger partial charge in [-0.25, -0.2) is 4.98 Å². The van der Waals surface area contributed by atoms with Gasteiger partial charge < -0.3 is 4.90 Å². The number of hydrogen-bond donors (Lipinski definition) is 0. The molecular weight excluding hydrogens is 637 g/mol. The smallest absolute Gasteiger partial charge is 0.124 e. The molecule has 9 aromatic rings. The first kappa shape index (κ1) is 29.6. The summed E-state index contributed by atoms with van der Waals surface area (Å²) in [5.74, 6) is 0. The van der Waals surface area contributed by atoms with Crippen LogP contribution >= 0.6 is 11.3 Å². The fourth-order valence-corrected chi connectivity index (χ4v) is 8.65. The molecule has 0 aliphatic heterocycles. The normalized spacial score (nSPS) is 11.8. The van der Waals surface area contributed by atoms with Gasteiger partial charge >= 0.3 is 0 Å². The van der Waals surface area contributed by atoms with Gasteiger partial charge in [0.25, 0.3) is 0 Å². The van der Waals surface area contributed by atoms with Gasteiger partial charge in [-0.05, 0) is 122 Å². The van der Waals surface area contributed by atoms with Crippen LogP contribution in [0.2, 0.25) is 0 Å². The van der Waals surface area contributed by atoms with Crippen LogP contribution < -0.4 is 4.90 Å². The number of rotatable bonds is 6. The number of anilines is 3. The Balaban J connectivity index is 1.06. The lowest BCUT2D eigenvalue weighted by Gasteiger charge is -2.25. The van der Waals surface area contributed by atoms with Crippen molar-refractivity contribution in [2.75, 3.05) is 4.90 Å². The third kappa shape index (κ3) is 5.22. The number of thiazole rings is 1. The molecule has 0 amide bonds. The molecule has 0 spiro atoms. The zero-order chi connectivity index (χ0) is 33.7. The highest BCUT2D eigenvalue weighted by Gasteiger charge is 2.26. The third-order valence-electron chi connectivity index (χ3n) is 10.1. The average Bonchev–Trinajstić information content (AvgIpc) is 3.81. The van der Waals surface area contributed by atoms with E-state index in [4.69, 9.17) is 4.98 Å². The van der Waals surface area contributed by atoms with Crippen LogP contribution in [-0.2, 0) is 6.42 Å². The summed E-state index contributed by atoms with van der Waals surface area (Å²) in [6, 6.07) is 65.7. The summed E-state index contributed by atoms with van der Waals surface area (Å²) in [5, 5.41) is 3.67. The zero-order valence-corrected chi connectivity index (χ0v) is 28.6. The van der Waals surface area contributed by atoms with Crippen molar-refractivity contribution in [3.63, 3.8) is 0 Å². The van der Waals surface area contributed by atoms with Crippen LogP contribution in [0.15, 0.2) is 182 Å². The summed E-state index contributed by atoms with van der Waals surface area (Å²) in [7, 11) is 0. The van der Waals surface area contributed by atoms with Crippen LogP contribution in [0, 0.1) is 0 Å². The SMILES string of the molecule is c1ccc(N(c2ccccc2)c2ccc(-c3ccc(-c4cc(-c5nc6ccccc6s5)cc5c4-c4c(ccc6ccccc46)C5)cc3)cc2)cc1. The Morgan fingerprint density at radius 2 is 1.06 bits per heavy atom. The predicted molar refractivity (Wildman–Crippen MR) is 216 cm³/mol. The number of hydrogen-bond acceptors (Lipinski definition) is 3. The van der Waals surface area contributed by atoms with Gasteiger partial charge in [0, 0.05) is 22.6 Å². The van der Waals surface area contributed by atoms with Crippen LogP contribution in [0.5, 0.6) is 0 Å². The van der Waals surface area contributed by atoms with Crippen molar-refractivity contribution < 1.29 is 0 Å². The zero-order valence-electron chi connectivity index (χ0n) is 27.8. The molecule has 1 aliphatic carbocycles. The molecule has 1 heterocycles. The molecule has 0 N–H and O–H groups in total. The number of aromatic nitrogens is 1. The van der Waals surface area contributed by atoms with E-state index in [-0.39, 0.29) is 0 Å². The summed E-state index contributed by atoms with van der Waals surface area (Å²) in [4.78, 5) is 7.37. The van der Waals surface area contributed by atoms with Gasteiger partial charge in [-0.3, -0.25) is 0 Å². The lowest BCUT2D eigenvalue weighted by Crippen LogP contribution is -2.09. The maximum atomic E-state index is 5.07. The van der Waals surface area contributed by atoms with Crippen LogP contribution in [0.3, 0.4) is 0 Å². The van der Waals surface area contributed by atoms with E-state index >= 15 is 0 Å². The van der Waals surface area contributed by atoms with Gasteiger partial charge in [-0.1, -0.05) is 121 Å². The van der Waals surface area contributed by atoms with E-state index < -0.39 is 0 Å². The van der Waals surface area contributed by atoms with Gasteiger partial charge in [-0.2, -0.15) is 0 Å². The van der Waals surface area contributed by atoms with E-state index in [0.29, 0.717) is 0 Å². The molecular formula is C48H32N2S. The first-order valence-electron chi connectivity index (χ1n) is 17.4. The van der Waals surface area contributed by atoms with Crippen molar-refractivity contribution in [1.29, 1.82) is 0 Å². The van der Waals surface area contributed by atoms with Crippen LogP contribution in [-0.4, -0.2) is 4.98 Å². The largest absolute Gasteiger partial charge is 0.311 e. The maximum Gasteiger partial charge on any atom is 0.124 e. The molecule has 240 valence electrons. The van der Waals surface area contributed by atoms with Gasteiger partial charge in [-0.15, -0.1) is 11.3 Å². The maximum absolute atomic E-state index is 5.07. The second-order valence-corrected chi connectivity index (χ2v) is 14.2. The molecule has 3 heteroatoms. The molecule has 0 saturated heterocycles. The Bertz CT molecular complexity index is 2620. The van der Waals surface area contributed by atoms with Crippen molar-refractivity contribution >= 4 is 49.4 Å². The lowest BCUT2D eigenvalue weighted by atomic mass is 9.89. The molecule has 0 radical (unpaired) electrons. The highest BCUT2D eigenvalue weighted by atomic mass is 32.1. The van der Waals surface area contributed by atoms with Gasteiger partial charge in [0.1, 0.15) is 5.01 Å². The van der Waals surface area contributed by atoms with Crippen LogP contribution in [0.25, 0.3) is 64.9 Å². The second kappa shape index (κ2) is 12.2. The monoisotopic (exact) mass is 668 g/mol. The molecule has 0 unspecified atom stereocenters. The Morgan fingerprint density at radius 3 is 1.78 bits per heavy atom. The first-order chi connectivity index (χ1) is 25.3. The second-order valence-electron chi connectivity index (χ2n) is 13.2. The van der Waals surface area contributed by atoms with E-state index in [0.717, 1.165) is 34.0 Å². The van der Waals surface area contributed by atoms with Crippen molar-refractivity contribution in [3.05, 3.63) is 193 Å². The van der Waals surface area contributed by atoms with Crippen molar-refractivity contribution in [2.45, 2.75) is 6.42 Å². The first-order valence-corrected chi connectivity index (χ1v) is 18.2. The van der Waals surface area contributed by atoms with Crippen molar-refractivity contribution in [1.82, 2.24) is 4.98 Å². The third-order valence-corrected chi connectivity index (χ3v) is 11.2. The number of fused-ring (bicyclic) bond motifs is 6. The highest BCUT2D eigenvalue weighted by Crippen LogP contribution is 2.49.